The molecule has 1 aliphatic heterocycles. The molecule has 0 aromatic carbocycles. The van der Waals surface area contributed by atoms with Crippen LogP contribution in [0.2, 0.25) is 0 Å². The summed E-state index contributed by atoms with van der Waals surface area (Å²) in [6.07, 6.45) is 5.57. The molecule has 1 aliphatic rings. The van der Waals surface area contributed by atoms with Gasteiger partial charge in [-0.2, -0.15) is 11.8 Å². The number of nitrogens with one attached hydrogen (secondary N) is 1. The van der Waals surface area contributed by atoms with Gasteiger partial charge in [0.2, 0.25) is 0 Å². The zero-order valence-corrected chi connectivity index (χ0v) is 9.12. The smallest absolute Gasteiger partial charge is 0.00640 e. The highest BCUT2D eigenvalue weighted by Crippen LogP contribution is 2.26. The molecule has 12 heavy (non-hydrogen) atoms. The van der Waals surface area contributed by atoms with Gasteiger partial charge in [0.25, 0.3) is 0 Å². The van der Waals surface area contributed by atoms with Crippen molar-refractivity contribution in [2.75, 3.05) is 18.6 Å². The molecule has 0 bridgehead atoms. The second-order valence-electron chi connectivity index (χ2n) is 3.69. The Morgan fingerprint density at radius 1 is 1.42 bits per heavy atom. The molecular formula is C10H21NS. The van der Waals surface area contributed by atoms with Crippen LogP contribution in [0.15, 0.2) is 0 Å². The average Bonchev–Trinajstić information content (AvgIpc) is 2.16. The van der Waals surface area contributed by atoms with E-state index in [4.69, 9.17) is 0 Å². The van der Waals surface area contributed by atoms with Crippen LogP contribution in [0.1, 0.15) is 32.6 Å². The van der Waals surface area contributed by atoms with Crippen molar-refractivity contribution < 1.29 is 0 Å². The Bertz CT molecular complexity index is 106. The van der Waals surface area contributed by atoms with Gasteiger partial charge in [0.15, 0.2) is 0 Å². The van der Waals surface area contributed by atoms with E-state index in [0.717, 1.165) is 12.0 Å². The van der Waals surface area contributed by atoms with Crippen molar-refractivity contribution >= 4 is 11.8 Å². The Morgan fingerprint density at radius 3 is 2.58 bits per heavy atom. The average molecular weight is 187 g/mol. The van der Waals surface area contributed by atoms with Crippen molar-refractivity contribution in [1.82, 2.24) is 5.32 Å². The second kappa shape index (κ2) is 5.87. The van der Waals surface area contributed by atoms with Gasteiger partial charge in [-0.05, 0) is 50.2 Å². The van der Waals surface area contributed by atoms with Gasteiger partial charge in [0.1, 0.15) is 0 Å². The maximum Gasteiger partial charge on any atom is 0.00640 e. The van der Waals surface area contributed by atoms with Crippen molar-refractivity contribution in [3.8, 4) is 0 Å². The molecule has 1 fully saturated rings. The van der Waals surface area contributed by atoms with Crippen LogP contribution in [-0.4, -0.2) is 24.6 Å². The monoisotopic (exact) mass is 187 g/mol. The molecule has 0 aromatic heterocycles. The molecule has 0 amide bonds. The minimum absolute atomic E-state index is 0.762. The van der Waals surface area contributed by atoms with Gasteiger partial charge >= 0.3 is 0 Å². The highest BCUT2D eigenvalue weighted by atomic mass is 32.2. The van der Waals surface area contributed by atoms with Crippen molar-refractivity contribution in [3.63, 3.8) is 0 Å². The van der Waals surface area contributed by atoms with Gasteiger partial charge in [-0.15, -0.1) is 0 Å². The van der Waals surface area contributed by atoms with Crippen LogP contribution in [0.25, 0.3) is 0 Å². The SMILES string of the molecule is CCC(CC1CCSCC1)NC. The minimum Gasteiger partial charge on any atom is -0.317 e. The Hall–Kier alpha value is 0.310. The number of hydrogen-bond acceptors (Lipinski definition) is 2. The maximum absolute atomic E-state index is 3.39. The molecule has 1 N–H and O–H groups in total. The fraction of sp³-hybridized carbons (Fsp3) is 1.00. The Kier molecular flexibility index (Phi) is 5.08. The van der Waals surface area contributed by atoms with Crippen LogP contribution < -0.4 is 5.32 Å². The first kappa shape index (κ1) is 10.4. The molecule has 1 rings (SSSR count). The fourth-order valence-corrected chi connectivity index (χ4v) is 3.08. The van der Waals surface area contributed by atoms with E-state index in [0.29, 0.717) is 0 Å². The summed E-state index contributed by atoms with van der Waals surface area (Å²) in [6.45, 7) is 2.28. The van der Waals surface area contributed by atoms with Crippen molar-refractivity contribution in [2.45, 2.75) is 38.6 Å². The van der Waals surface area contributed by atoms with E-state index in [1.165, 1.54) is 37.2 Å². The lowest BCUT2D eigenvalue weighted by Crippen LogP contribution is -2.28. The molecular weight excluding hydrogens is 166 g/mol. The van der Waals surface area contributed by atoms with Crippen molar-refractivity contribution in [2.24, 2.45) is 5.92 Å². The third kappa shape index (κ3) is 3.36. The lowest BCUT2D eigenvalue weighted by Gasteiger charge is -2.25. The van der Waals surface area contributed by atoms with E-state index < -0.39 is 0 Å². The van der Waals surface area contributed by atoms with Crippen molar-refractivity contribution in [3.05, 3.63) is 0 Å². The molecule has 72 valence electrons. The molecule has 1 saturated heterocycles. The van der Waals surface area contributed by atoms with Gasteiger partial charge in [-0.3, -0.25) is 0 Å². The Labute approximate surface area is 80.7 Å². The van der Waals surface area contributed by atoms with Gasteiger partial charge in [-0.1, -0.05) is 6.92 Å². The van der Waals surface area contributed by atoms with Crippen LogP contribution in [0.3, 0.4) is 0 Å². The summed E-state index contributed by atoms with van der Waals surface area (Å²) in [6, 6.07) is 0.762. The summed E-state index contributed by atoms with van der Waals surface area (Å²) in [5.41, 5.74) is 0. The molecule has 0 spiro atoms. The predicted molar refractivity (Wildman–Crippen MR) is 57.8 cm³/mol. The first-order chi connectivity index (χ1) is 5.86. The Balaban J connectivity index is 2.18. The lowest BCUT2D eigenvalue weighted by molar-refractivity contribution is 0.372. The molecule has 1 unspecified atom stereocenters. The molecule has 0 aliphatic carbocycles. The van der Waals surface area contributed by atoms with E-state index in [-0.39, 0.29) is 0 Å². The van der Waals surface area contributed by atoms with Gasteiger partial charge < -0.3 is 5.32 Å². The van der Waals surface area contributed by atoms with Gasteiger partial charge in [0.05, 0.1) is 0 Å². The van der Waals surface area contributed by atoms with E-state index in [9.17, 15) is 0 Å². The van der Waals surface area contributed by atoms with Gasteiger partial charge in [0, 0.05) is 6.04 Å². The summed E-state index contributed by atoms with van der Waals surface area (Å²) in [4.78, 5) is 0. The predicted octanol–water partition coefficient (Wildman–Crippen LogP) is 2.52. The first-order valence-electron chi connectivity index (χ1n) is 5.11. The molecule has 0 aromatic rings. The highest BCUT2D eigenvalue weighted by molar-refractivity contribution is 7.99. The van der Waals surface area contributed by atoms with E-state index >= 15 is 0 Å². The number of thioether (sulfide) groups is 1. The normalized spacial score (nSPS) is 22.5. The summed E-state index contributed by atoms with van der Waals surface area (Å²) in [5.74, 6) is 3.79. The van der Waals surface area contributed by atoms with Crippen LogP contribution in [-0.2, 0) is 0 Å². The standard InChI is InChI=1S/C10H21NS/c1-3-10(11-2)8-9-4-6-12-7-5-9/h9-11H,3-8H2,1-2H3. The van der Waals surface area contributed by atoms with Gasteiger partial charge in [-0.25, -0.2) is 0 Å². The molecule has 2 heteroatoms. The molecule has 1 nitrogen and oxygen atoms in total. The second-order valence-corrected chi connectivity index (χ2v) is 4.91. The molecule has 0 radical (unpaired) electrons. The largest absolute Gasteiger partial charge is 0.317 e. The van der Waals surface area contributed by atoms with Crippen LogP contribution in [0.4, 0.5) is 0 Å². The summed E-state index contributed by atoms with van der Waals surface area (Å²) in [5, 5.41) is 3.39. The maximum atomic E-state index is 3.39. The summed E-state index contributed by atoms with van der Waals surface area (Å²) >= 11 is 2.12. The number of hydrogen-bond donors (Lipinski definition) is 1. The van der Waals surface area contributed by atoms with E-state index in [2.05, 4.69) is 31.1 Å². The third-order valence-corrected chi connectivity index (χ3v) is 3.91. The van der Waals surface area contributed by atoms with E-state index in [1.54, 1.807) is 0 Å². The summed E-state index contributed by atoms with van der Waals surface area (Å²) in [7, 11) is 2.09. The topological polar surface area (TPSA) is 12.0 Å². The highest BCUT2D eigenvalue weighted by Gasteiger charge is 2.16. The lowest BCUT2D eigenvalue weighted by atomic mass is 9.93. The van der Waals surface area contributed by atoms with Crippen molar-refractivity contribution in [1.29, 1.82) is 0 Å². The van der Waals surface area contributed by atoms with Crippen LogP contribution >= 0.6 is 11.8 Å². The molecule has 1 heterocycles. The Morgan fingerprint density at radius 2 is 2.08 bits per heavy atom. The molecule has 1 atom stereocenters. The quantitative estimate of drug-likeness (QED) is 0.726. The van der Waals surface area contributed by atoms with E-state index in [1.807, 2.05) is 0 Å². The zero-order chi connectivity index (χ0) is 8.81. The fourth-order valence-electron chi connectivity index (χ4n) is 1.87. The number of rotatable bonds is 4. The first-order valence-corrected chi connectivity index (χ1v) is 6.27. The third-order valence-electron chi connectivity index (χ3n) is 2.86. The van der Waals surface area contributed by atoms with Crippen LogP contribution in [0, 0.1) is 5.92 Å². The van der Waals surface area contributed by atoms with Crippen LogP contribution in [0.5, 0.6) is 0 Å². The molecule has 0 saturated carbocycles. The minimum atomic E-state index is 0.762. The summed E-state index contributed by atoms with van der Waals surface area (Å²) < 4.78 is 0. The zero-order valence-electron chi connectivity index (χ0n) is 8.31.